The van der Waals surface area contributed by atoms with Gasteiger partial charge < -0.3 is 11.5 Å². The van der Waals surface area contributed by atoms with Gasteiger partial charge in [0.25, 0.3) is 0 Å². The maximum atomic E-state index is 5.59. The summed E-state index contributed by atoms with van der Waals surface area (Å²) in [6.45, 7) is 4.20. The summed E-state index contributed by atoms with van der Waals surface area (Å²) in [7, 11) is 0. The van der Waals surface area contributed by atoms with Crippen LogP contribution in [0.2, 0.25) is 0 Å². The van der Waals surface area contributed by atoms with Crippen LogP contribution >= 0.6 is 11.8 Å². The van der Waals surface area contributed by atoms with Gasteiger partial charge >= 0.3 is 0 Å². The van der Waals surface area contributed by atoms with E-state index in [4.69, 9.17) is 11.5 Å². The summed E-state index contributed by atoms with van der Waals surface area (Å²) < 4.78 is 2.06. The molecule has 23 heavy (non-hydrogen) atoms. The zero-order valence-electron chi connectivity index (χ0n) is 12.9. The number of nitrogens with two attached hydrogens (primary N) is 2. The first-order valence-corrected chi connectivity index (χ1v) is 8.02. The van der Waals surface area contributed by atoms with Crippen LogP contribution in [0.3, 0.4) is 0 Å². The molecule has 7 nitrogen and oxygen atoms in total. The molecule has 0 atom stereocenters. The molecule has 0 bridgehead atoms. The highest BCUT2D eigenvalue weighted by Gasteiger charge is 2.11. The highest BCUT2D eigenvalue weighted by atomic mass is 32.2. The average molecular weight is 327 g/mol. The number of hydrogen-bond acceptors (Lipinski definition) is 7. The highest BCUT2D eigenvalue weighted by Crippen LogP contribution is 2.26. The molecule has 1 aromatic carbocycles. The molecule has 0 amide bonds. The van der Waals surface area contributed by atoms with Crippen molar-refractivity contribution in [3.05, 3.63) is 47.5 Å². The lowest BCUT2D eigenvalue weighted by atomic mass is 10.1. The molecule has 0 fully saturated rings. The lowest BCUT2D eigenvalue weighted by Crippen LogP contribution is -2.06. The van der Waals surface area contributed by atoms with Crippen molar-refractivity contribution in [2.24, 2.45) is 0 Å². The summed E-state index contributed by atoms with van der Waals surface area (Å²) in [5, 5.41) is 0.858. The first-order chi connectivity index (χ1) is 11.0. The fraction of sp³-hybridized carbons (Fsp3) is 0.200. The maximum absolute atomic E-state index is 5.59. The summed E-state index contributed by atoms with van der Waals surface area (Å²) in [6.07, 6.45) is 3.72. The van der Waals surface area contributed by atoms with Gasteiger partial charge in [-0.3, -0.25) is 4.57 Å². The molecule has 0 aliphatic rings. The normalized spacial score (nSPS) is 10.9. The minimum absolute atomic E-state index is 0.131. The Hall–Kier alpha value is -2.61. The fourth-order valence-corrected chi connectivity index (χ4v) is 3.05. The van der Waals surface area contributed by atoms with Gasteiger partial charge in [0.2, 0.25) is 11.9 Å². The van der Waals surface area contributed by atoms with Crippen molar-refractivity contribution in [3.63, 3.8) is 0 Å². The van der Waals surface area contributed by atoms with Crippen LogP contribution in [0.25, 0.3) is 5.69 Å². The third-order valence-corrected chi connectivity index (χ3v) is 4.45. The number of benzene rings is 1. The molecule has 0 aliphatic heterocycles. The average Bonchev–Trinajstić information content (AvgIpc) is 2.95. The van der Waals surface area contributed by atoms with Crippen LogP contribution in [0.1, 0.15) is 17.0 Å². The van der Waals surface area contributed by atoms with E-state index in [1.165, 1.54) is 22.9 Å². The van der Waals surface area contributed by atoms with E-state index in [9.17, 15) is 0 Å². The van der Waals surface area contributed by atoms with Gasteiger partial charge in [-0.1, -0.05) is 23.9 Å². The second-order valence-electron chi connectivity index (χ2n) is 5.06. The van der Waals surface area contributed by atoms with E-state index >= 15 is 0 Å². The highest BCUT2D eigenvalue weighted by molar-refractivity contribution is 7.98. The van der Waals surface area contributed by atoms with Gasteiger partial charge in [-0.05, 0) is 31.0 Å². The third kappa shape index (κ3) is 3.26. The first kappa shape index (κ1) is 15.3. The van der Waals surface area contributed by atoms with Crippen molar-refractivity contribution in [2.75, 3.05) is 11.5 Å². The van der Waals surface area contributed by atoms with Gasteiger partial charge in [0, 0.05) is 12.4 Å². The minimum atomic E-state index is 0.131. The molecule has 2 heterocycles. The molecule has 0 radical (unpaired) electrons. The summed E-state index contributed by atoms with van der Waals surface area (Å²) in [5.74, 6) is 1.31. The van der Waals surface area contributed by atoms with Crippen LogP contribution in [-0.4, -0.2) is 24.5 Å². The van der Waals surface area contributed by atoms with E-state index in [0.717, 1.165) is 10.8 Å². The van der Waals surface area contributed by atoms with Gasteiger partial charge in [-0.2, -0.15) is 15.0 Å². The van der Waals surface area contributed by atoms with Gasteiger partial charge in [-0.25, -0.2) is 4.98 Å². The third-order valence-electron chi connectivity index (χ3n) is 3.49. The van der Waals surface area contributed by atoms with E-state index in [-0.39, 0.29) is 11.9 Å². The predicted molar refractivity (Wildman–Crippen MR) is 91.3 cm³/mol. The predicted octanol–water partition coefficient (Wildman–Crippen LogP) is 2.13. The standard InChI is InChI=1S/C15H17N7S/c1-9-4-3-5-11(10(9)2)22-7-6-18-15(22)23-8-12-19-13(16)21-14(17)20-12/h3-7H,8H2,1-2H3,(H4,16,17,19,20,21). The molecule has 0 saturated carbocycles. The number of rotatable bonds is 4. The van der Waals surface area contributed by atoms with E-state index < -0.39 is 0 Å². The molecule has 3 rings (SSSR count). The lowest BCUT2D eigenvalue weighted by Gasteiger charge is -2.12. The van der Waals surface area contributed by atoms with Crippen LogP contribution in [-0.2, 0) is 5.75 Å². The number of anilines is 2. The molecule has 8 heteroatoms. The molecule has 3 aromatic rings. The molecule has 118 valence electrons. The molecule has 0 saturated heterocycles. The number of nitrogen functional groups attached to an aromatic ring is 2. The quantitative estimate of drug-likeness (QED) is 0.706. The van der Waals surface area contributed by atoms with Gasteiger partial charge in [0.1, 0.15) is 5.82 Å². The van der Waals surface area contributed by atoms with Gasteiger partial charge in [0.15, 0.2) is 5.16 Å². The second kappa shape index (κ2) is 6.25. The van der Waals surface area contributed by atoms with E-state index in [1.54, 1.807) is 6.20 Å². The maximum Gasteiger partial charge on any atom is 0.225 e. The monoisotopic (exact) mass is 327 g/mol. The van der Waals surface area contributed by atoms with Crippen molar-refractivity contribution in [1.82, 2.24) is 24.5 Å². The fourth-order valence-electron chi connectivity index (χ4n) is 2.23. The molecule has 0 aliphatic carbocycles. The Balaban J connectivity index is 1.85. The largest absolute Gasteiger partial charge is 0.368 e. The smallest absolute Gasteiger partial charge is 0.225 e. The number of aromatic nitrogens is 5. The Morgan fingerprint density at radius 1 is 1.09 bits per heavy atom. The molecule has 4 N–H and O–H groups in total. The molecule has 0 spiro atoms. The van der Waals surface area contributed by atoms with Crippen molar-refractivity contribution in [3.8, 4) is 5.69 Å². The first-order valence-electron chi connectivity index (χ1n) is 7.03. The van der Waals surface area contributed by atoms with E-state index in [1.807, 2.05) is 12.3 Å². The van der Waals surface area contributed by atoms with Crippen molar-refractivity contribution in [1.29, 1.82) is 0 Å². The zero-order chi connectivity index (χ0) is 16.4. The Bertz CT molecular complexity index is 823. The number of aryl methyl sites for hydroxylation is 1. The van der Waals surface area contributed by atoms with Crippen LogP contribution < -0.4 is 11.5 Å². The Morgan fingerprint density at radius 3 is 2.57 bits per heavy atom. The topological polar surface area (TPSA) is 109 Å². The number of hydrogen-bond donors (Lipinski definition) is 2. The van der Waals surface area contributed by atoms with E-state index in [2.05, 4.69) is 50.5 Å². The number of nitrogens with zero attached hydrogens (tertiary/aromatic N) is 5. The molecular formula is C15H17N7S. The van der Waals surface area contributed by atoms with Gasteiger partial charge in [-0.15, -0.1) is 0 Å². The molecule has 2 aromatic heterocycles. The van der Waals surface area contributed by atoms with Crippen molar-refractivity contribution < 1.29 is 0 Å². The SMILES string of the molecule is Cc1cccc(-n2ccnc2SCc2nc(N)nc(N)n2)c1C. The lowest BCUT2D eigenvalue weighted by molar-refractivity contribution is 0.882. The summed E-state index contributed by atoms with van der Waals surface area (Å²) in [6, 6.07) is 6.21. The second-order valence-corrected chi connectivity index (χ2v) is 6.00. The van der Waals surface area contributed by atoms with Crippen molar-refractivity contribution >= 4 is 23.7 Å². The number of imidazole rings is 1. The van der Waals surface area contributed by atoms with Crippen LogP contribution in [0.15, 0.2) is 35.7 Å². The summed E-state index contributed by atoms with van der Waals surface area (Å²) in [4.78, 5) is 16.4. The Labute approximate surface area is 138 Å². The molecule has 0 unspecified atom stereocenters. The van der Waals surface area contributed by atoms with E-state index in [0.29, 0.717) is 11.6 Å². The Morgan fingerprint density at radius 2 is 1.83 bits per heavy atom. The number of thioether (sulfide) groups is 1. The zero-order valence-corrected chi connectivity index (χ0v) is 13.7. The van der Waals surface area contributed by atoms with Crippen LogP contribution in [0, 0.1) is 13.8 Å². The summed E-state index contributed by atoms with van der Waals surface area (Å²) in [5.41, 5.74) is 14.8. The van der Waals surface area contributed by atoms with Crippen LogP contribution in [0.4, 0.5) is 11.9 Å². The van der Waals surface area contributed by atoms with Crippen molar-refractivity contribution in [2.45, 2.75) is 24.8 Å². The van der Waals surface area contributed by atoms with Gasteiger partial charge in [0.05, 0.1) is 11.4 Å². The summed E-state index contributed by atoms with van der Waals surface area (Å²) >= 11 is 1.52. The van der Waals surface area contributed by atoms with Crippen LogP contribution in [0.5, 0.6) is 0 Å². The Kier molecular flexibility index (Phi) is 4.16. The molecular weight excluding hydrogens is 310 g/mol. The minimum Gasteiger partial charge on any atom is -0.368 e.